The molecule has 33 heavy (non-hydrogen) atoms. The van der Waals surface area contributed by atoms with E-state index in [1.807, 2.05) is 0 Å². The Morgan fingerprint density at radius 3 is 2.73 bits per heavy atom. The summed E-state index contributed by atoms with van der Waals surface area (Å²) < 4.78 is 69.5. The summed E-state index contributed by atoms with van der Waals surface area (Å²) in [4.78, 5) is 19.7. The second kappa shape index (κ2) is 9.09. The number of aromatic nitrogens is 1. The van der Waals surface area contributed by atoms with Gasteiger partial charge in [-0.25, -0.2) is 13.8 Å². The molecule has 1 amide bonds. The molecule has 1 unspecified atom stereocenters. The predicted molar refractivity (Wildman–Crippen MR) is 117 cm³/mol. The number of nitrogens with two attached hydrogens (primary N) is 1. The van der Waals surface area contributed by atoms with Crippen molar-refractivity contribution in [1.82, 2.24) is 4.98 Å². The molecule has 1 atom stereocenters. The van der Waals surface area contributed by atoms with Crippen molar-refractivity contribution < 1.29 is 26.7 Å². The van der Waals surface area contributed by atoms with E-state index in [9.17, 15) is 26.7 Å². The minimum atomic E-state index is -4.46. The Morgan fingerprint density at radius 2 is 2.00 bits per heavy atom. The number of rotatable bonds is 2. The maximum absolute atomic E-state index is 14.4. The lowest BCUT2D eigenvalue weighted by atomic mass is 10.00. The first kappa shape index (κ1) is 23.7. The molecule has 1 aliphatic carbocycles. The van der Waals surface area contributed by atoms with Gasteiger partial charge >= 0.3 is 6.18 Å². The van der Waals surface area contributed by atoms with Crippen LogP contribution in [-0.2, 0) is 6.42 Å². The van der Waals surface area contributed by atoms with Crippen molar-refractivity contribution in [2.75, 3.05) is 23.3 Å². The molecule has 178 valence electrons. The van der Waals surface area contributed by atoms with E-state index in [0.717, 1.165) is 11.9 Å². The third-order valence-electron chi connectivity index (χ3n) is 6.03. The fraction of sp³-hybridized carbons (Fsp3) is 0.455. The van der Waals surface area contributed by atoms with Gasteiger partial charge in [0.1, 0.15) is 5.82 Å². The largest absolute Gasteiger partial charge is 0.395 e. The van der Waals surface area contributed by atoms with Crippen LogP contribution in [0.1, 0.15) is 53.2 Å². The molecule has 1 aromatic carbocycles. The van der Waals surface area contributed by atoms with Gasteiger partial charge in [-0.2, -0.15) is 13.2 Å². The van der Waals surface area contributed by atoms with Crippen LogP contribution in [0.2, 0.25) is 0 Å². The van der Waals surface area contributed by atoms with Crippen LogP contribution in [0, 0.1) is 0 Å². The number of nitrogens with zero attached hydrogens (tertiary/aromatic N) is 2. The summed E-state index contributed by atoms with van der Waals surface area (Å²) in [5.74, 6) is -5.25. The Kier molecular flexibility index (Phi) is 6.54. The molecule has 0 spiro atoms. The normalized spacial score (nSPS) is 21.1. The van der Waals surface area contributed by atoms with Gasteiger partial charge in [0, 0.05) is 42.2 Å². The highest BCUT2D eigenvalue weighted by atomic mass is 32.2. The molecule has 0 saturated carbocycles. The van der Waals surface area contributed by atoms with E-state index < -0.39 is 30.3 Å². The quantitative estimate of drug-likeness (QED) is 0.432. The Hall–Kier alpha value is -2.40. The molecule has 4 rings (SSSR count). The fourth-order valence-electron chi connectivity index (χ4n) is 4.32. The van der Waals surface area contributed by atoms with Crippen molar-refractivity contribution in [3.63, 3.8) is 0 Å². The molecule has 3 N–H and O–H groups in total. The topological polar surface area (TPSA) is 71.2 Å². The molecule has 0 fully saturated rings. The standard InChI is InChI=1S/C22H23F5N4OS/c23-21(24)7-2-9-29-19-16(12-15-17(22(25,26)27)5-6-18(15)30-19)20(32)31(10-8-21)13-3-1-4-14(11-13)33-28/h1,3-4,11-12,17H,2,5-10,28H2,(H,29,30). The Balaban J connectivity index is 1.81. The number of carbonyl (C=O) groups excluding carboxylic acids is 1. The molecule has 0 bridgehead atoms. The Labute approximate surface area is 192 Å². The molecule has 2 aromatic rings. The zero-order chi connectivity index (χ0) is 23.8. The highest BCUT2D eigenvalue weighted by Crippen LogP contribution is 2.45. The Morgan fingerprint density at radius 1 is 1.21 bits per heavy atom. The summed E-state index contributed by atoms with van der Waals surface area (Å²) in [5.41, 5.74) is 0.540. The molecule has 1 aromatic heterocycles. The van der Waals surface area contributed by atoms with Crippen molar-refractivity contribution in [2.45, 2.75) is 55.0 Å². The zero-order valence-corrected chi connectivity index (χ0v) is 18.4. The third-order valence-corrected chi connectivity index (χ3v) is 6.56. The summed E-state index contributed by atoms with van der Waals surface area (Å²) >= 11 is 0.937. The van der Waals surface area contributed by atoms with E-state index in [0.29, 0.717) is 10.6 Å². The van der Waals surface area contributed by atoms with Crippen molar-refractivity contribution in [3.8, 4) is 0 Å². The highest BCUT2D eigenvalue weighted by molar-refractivity contribution is 7.97. The van der Waals surface area contributed by atoms with Gasteiger partial charge in [-0.1, -0.05) is 6.07 Å². The maximum atomic E-state index is 14.4. The average Bonchev–Trinajstić information content (AvgIpc) is 3.18. The number of fused-ring (bicyclic) bond motifs is 2. The maximum Gasteiger partial charge on any atom is 0.395 e. The van der Waals surface area contributed by atoms with Gasteiger partial charge < -0.3 is 10.2 Å². The van der Waals surface area contributed by atoms with E-state index in [1.165, 1.54) is 11.0 Å². The SMILES string of the molecule is NSc1cccc(N2CCC(F)(F)CCCNc3nc4c(cc3C2=O)C(C(F)(F)F)CC4)c1. The van der Waals surface area contributed by atoms with Gasteiger partial charge in [-0.05, 0) is 61.0 Å². The number of anilines is 2. The van der Waals surface area contributed by atoms with Gasteiger partial charge in [-0.3, -0.25) is 9.93 Å². The van der Waals surface area contributed by atoms with Crippen LogP contribution in [0.5, 0.6) is 0 Å². The lowest BCUT2D eigenvalue weighted by Gasteiger charge is -2.26. The molecule has 0 radical (unpaired) electrons. The number of amides is 1. The third kappa shape index (κ3) is 5.08. The number of hydrogen-bond acceptors (Lipinski definition) is 5. The van der Waals surface area contributed by atoms with E-state index in [4.69, 9.17) is 5.14 Å². The average molecular weight is 487 g/mol. The number of carbonyl (C=O) groups is 1. The van der Waals surface area contributed by atoms with Gasteiger partial charge in [0.25, 0.3) is 5.91 Å². The van der Waals surface area contributed by atoms with Crippen molar-refractivity contribution >= 4 is 29.4 Å². The van der Waals surface area contributed by atoms with E-state index in [2.05, 4.69) is 10.3 Å². The minimum Gasteiger partial charge on any atom is -0.369 e. The summed E-state index contributed by atoms with van der Waals surface area (Å²) in [7, 11) is 0. The van der Waals surface area contributed by atoms with Crippen LogP contribution in [0.3, 0.4) is 0 Å². The molecule has 5 nitrogen and oxygen atoms in total. The van der Waals surface area contributed by atoms with E-state index in [-0.39, 0.29) is 61.4 Å². The molecule has 2 aliphatic rings. The number of nitrogens with one attached hydrogen (secondary N) is 1. The van der Waals surface area contributed by atoms with Crippen LogP contribution in [-0.4, -0.2) is 36.1 Å². The monoisotopic (exact) mass is 486 g/mol. The molecule has 11 heteroatoms. The van der Waals surface area contributed by atoms with Crippen LogP contribution in [0.4, 0.5) is 33.5 Å². The van der Waals surface area contributed by atoms with Crippen LogP contribution in [0.25, 0.3) is 0 Å². The van der Waals surface area contributed by atoms with Gasteiger partial charge in [0.15, 0.2) is 0 Å². The van der Waals surface area contributed by atoms with Crippen LogP contribution in [0.15, 0.2) is 35.2 Å². The first-order valence-electron chi connectivity index (χ1n) is 10.6. The fourth-order valence-corrected chi connectivity index (χ4v) is 4.66. The smallest absolute Gasteiger partial charge is 0.369 e. The minimum absolute atomic E-state index is 0.0252. The Bertz CT molecular complexity index is 1050. The lowest BCUT2D eigenvalue weighted by Crippen LogP contribution is -2.35. The molecular formula is C22H23F5N4OS. The number of hydrogen-bond donors (Lipinski definition) is 2. The van der Waals surface area contributed by atoms with Gasteiger partial charge in [0.2, 0.25) is 5.92 Å². The number of aryl methyl sites for hydroxylation is 1. The summed E-state index contributed by atoms with van der Waals surface area (Å²) in [6, 6.07) is 7.76. The summed E-state index contributed by atoms with van der Waals surface area (Å²) in [6.45, 7) is -0.173. The first-order valence-corrected chi connectivity index (χ1v) is 11.5. The number of alkyl halides is 5. The predicted octanol–water partition coefficient (Wildman–Crippen LogP) is 5.52. The molecule has 2 heterocycles. The number of halogens is 5. The molecule has 0 saturated heterocycles. The second-order valence-corrected chi connectivity index (χ2v) is 8.97. The van der Waals surface area contributed by atoms with Gasteiger partial charge in [0.05, 0.1) is 11.5 Å². The van der Waals surface area contributed by atoms with E-state index >= 15 is 0 Å². The van der Waals surface area contributed by atoms with Crippen molar-refractivity contribution in [2.24, 2.45) is 5.14 Å². The van der Waals surface area contributed by atoms with E-state index in [1.54, 1.807) is 24.3 Å². The molecule has 1 aliphatic heterocycles. The highest BCUT2D eigenvalue weighted by Gasteiger charge is 2.45. The zero-order valence-electron chi connectivity index (χ0n) is 17.6. The summed E-state index contributed by atoms with van der Waals surface area (Å²) in [5, 5.41) is 8.52. The summed E-state index contributed by atoms with van der Waals surface area (Å²) in [6.07, 6.45) is -5.27. The van der Waals surface area contributed by atoms with Gasteiger partial charge in [-0.15, -0.1) is 0 Å². The lowest BCUT2D eigenvalue weighted by molar-refractivity contribution is -0.149. The van der Waals surface area contributed by atoms with Crippen molar-refractivity contribution in [3.05, 3.63) is 47.2 Å². The van der Waals surface area contributed by atoms with Crippen molar-refractivity contribution in [1.29, 1.82) is 0 Å². The van der Waals surface area contributed by atoms with Crippen LogP contribution < -0.4 is 15.4 Å². The number of pyridine rings is 1. The van der Waals surface area contributed by atoms with Crippen LogP contribution >= 0.6 is 11.9 Å². The molecular weight excluding hydrogens is 463 g/mol. The second-order valence-electron chi connectivity index (χ2n) is 8.26. The first-order chi connectivity index (χ1) is 15.6. The number of benzene rings is 1.